The first-order valence-corrected chi connectivity index (χ1v) is 2.38. The minimum Gasteiger partial charge on any atom is -0.379 e. The Morgan fingerprint density at radius 3 is 1.25 bits per heavy atom. The van der Waals surface area contributed by atoms with Gasteiger partial charge in [0.15, 0.2) is 5.34 Å². The summed E-state index contributed by atoms with van der Waals surface area (Å²) in [4.78, 5) is 8.11. The van der Waals surface area contributed by atoms with Crippen LogP contribution in [0.3, 0.4) is 0 Å². The fourth-order valence-corrected chi connectivity index (χ4v) is 0.250. The zero-order chi connectivity index (χ0) is 5.54. The number of nitrogens with zero attached hydrogens (tertiary/aromatic N) is 1. The van der Waals surface area contributed by atoms with Gasteiger partial charge < -0.3 is 11.4 Å². The third kappa shape index (κ3) is 9.03. The van der Waals surface area contributed by atoms with Crippen molar-refractivity contribution in [3.63, 3.8) is 0 Å². The lowest BCUT2D eigenvalue weighted by molar-refractivity contribution is 0.312. The summed E-state index contributed by atoms with van der Waals surface area (Å²) in [6.45, 7) is 0. The van der Waals surface area contributed by atoms with E-state index in [4.69, 9.17) is 10.1 Å². The van der Waals surface area contributed by atoms with Crippen molar-refractivity contribution in [2.24, 2.45) is 5.34 Å². The molecule has 4 nitrogen and oxygen atoms in total. The molecule has 0 aromatic rings. The van der Waals surface area contributed by atoms with Crippen molar-refractivity contribution < 1.29 is 5.21 Å². The molecule has 0 aromatic carbocycles. The van der Waals surface area contributed by atoms with Crippen LogP contribution in [0.1, 0.15) is 25.7 Å². The van der Waals surface area contributed by atoms with Crippen LogP contribution in [0.5, 0.6) is 0 Å². The van der Waals surface area contributed by atoms with Gasteiger partial charge in [0.1, 0.15) is 0 Å². The average molecular weight is 120 g/mol. The molecule has 0 aliphatic heterocycles. The maximum absolute atomic E-state index is 8.11. The van der Waals surface area contributed by atoms with Crippen molar-refractivity contribution in [2.75, 3.05) is 0 Å². The molecule has 4 N–H and O–H groups in total. The van der Waals surface area contributed by atoms with Crippen molar-refractivity contribution in [1.82, 2.24) is 6.15 Å². The van der Waals surface area contributed by atoms with E-state index >= 15 is 0 Å². The molecule has 0 radical (unpaired) electrons. The van der Waals surface area contributed by atoms with E-state index in [0.717, 1.165) is 0 Å². The molecule has 1 saturated carbocycles. The van der Waals surface area contributed by atoms with Crippen LogP contribution in [0, 0.1) is 4.91 Å². The molecule has 0 spiro atoms. The molecule has 0 saturated heterocycles. The standard InChI is InChI=1S/C4H8.HNO2.H3N/c1-2-4-3-1;2-1-3;/h1-4H2;(H,2,3);1H3. The molecule has 50 valence electrons. The van der Waals surface area contributed by atoms with Gasteiger partial charge in [0, 0.05) is 0 Å². The first-order valence-electron chi connectivity index (χ1n) is 2.38. The monoisotopic (exact) mass is 120 g/mol. The summed E-state index contributed by atoms with van der Waals surface area (Å²) < 4.78 is 0. The summed E-state index contributed by atoms with van der Waals surface area (Å²) in [5.74, 6) is 0. The predicted octanol–water partition coefficient (Wildman–Crippen LogP) is 1.86. The van der Waals surface area contributed by atoms with Gasteiger partial charge in [0.05, 0.1) is 0 Å². The van der Waals surface area contributed by atoms with E-state index in [2.05, 4.69) is 0 Å². The summed E-state index contributed by atoms with van der Waals surface area (Å²) in [7, 11) is 0. The highest BCUT2D eigenvalue weighted by molar-refractivity contribution is 4.50. The van der Waals surface area contributed by atoms with Crippen molar-refractivity contribution in [3.05, 3.63) is 4.91 Å². The number of rotatable bonds is 0. The van der Waals surface area contributed by atoms with Gasteiger partial charge in [-0.3, -0.25) is 0 Å². The second kappa shape index (κ2) is 9.61. The van der Waals surface area contributed by atoms with Gasteiger partial charge in [0.2, 0.25) is 0 Å². The highest BCUT2D eigenvalue weighted by atomic mass is 16.6. The van der Waals surface area contributed by atoms with Crippen LogP contribution >= 0.6 is 0 Å². The Morgan fingerprint density at radius 1 is 1.12 bits per heavy atom. The first kappa shape index (κ1) is 10.4. The van der Waals surface area contributed by atoms with Crippen LogP contribution in [-0.2, 0) is 0 Å². The molecule has 0 amide bonds. The smallest absolute Gasteiger partial charge is 0.152 e. The molecule has 1 fully saturated rings. The molecule has 0 heterocycles. The topological polar surface area (TPSA) is 84.7 Å². The van der Waals surface area contributed by atoms with Crippen LogP contribution in [-0.4, -0.2) is 5.21 Å². The molecule has 1 aliphatic carbocycles. The molecular weight excluding hydrogens is 108 g/mol. The van der Waals surface area contributed by atoms with Gasteiger partial charge >= 0.3 is 0 Å². The van der Waals surface area contributed by atoms with E-state index in [1.165, 1.54) is 31.0 Å². The molecule has 0 bridgehead atoms. The summed E-state index contributed by atoms with van der Waals surface area (Å²) in [5.41, 5.74) is 0. The van der Waals surface area contributed by atoms with Crippen LogP contribution in [0.25, 0.3) is 0 Å². The Balaban J connectivity index is 0. The fourth-order valence-electron chi connectivity index (χ4n) is 0.250. The average Bonchev–Trinajstić information content (AvgIpc) is 1.27. The fraction of sp³-hybridized carbons (Fsp3) is 1.00. The van der Waals surface area contributed by atoms with Gasteiger partial charge in [0.25, 0.3) is 0 Å². The minimum absolute atomic E-state index is 0. The quantitative estimate of drug-likeness (QED) is 0.378. The van der Waals surface area contributed by atoms with Crippen LogP contribution < -0.4 is 6.15 Å². The normalized spacial score (nSPS) is 13.5. The summed E-state index contributed by atoms with van der Waals surface area (Å²) in [5, 5.41) is 7.89. The molecule has 0 atom stereocenters. The van der Waals surface area contributed by atoms with Crippen molar-refractivity contribution in [1.29, 1.82) is 0 Å². The largest absolute Gasteiger partial charge is 0.379 e. The van der Waals surface area contributed by atoms with Gasteiger partial charge in [-0.15, -0.1) is 4.91 Å². The Morgan fingerprint density at radius 2 is 1.25 bits per heavy atom. The lowest BCUT2D eigenvalue weighted by Crippen LogP contribution is -1.85. The molecule has 1 aliphatic rings. The van der Waals surface area contributed by atoms with Crippen molar-refractivity contribution >= 4 is 0 Å². The highest BCUT2D eigenvalue weighted by Gasteiger charge is 1.95. The van der Waals surface area contributed by atoms with Crippen LogP contribution in [0.15, 0.2) is 5.34 Å². The molecule has 1 rings (SSSR count). The SMILES string of the molecule is C1CCC1.N.O=NO. The first-order chi connectivity index (χ1) is 3.41. The Labute approximate surface area is 48.4 Å². The Hall–Kier alpha value is -0.640. The highest BCUT2D eigenvalue weighted by Crippen LogP contribution is 2.15. The summed E-state index contributed by atoms with van der Waals surface area (Å²) in [6.07, 6.45) is 6.00. The Kier molecular flexibility index (Phi) is 12.5. The third-order valence-electron chi connectivity index (χ3n) is 1.000. The molecule has 0 unspecified atom stereocenters. The van der Waals surface area contributed by atoms with E-state index in [0.29, 0.717) is 0 Å². The van der Waals surface area contributed by atoms with E-state index < -0.39 is 0 Å². The lowest BCUT2D eigenvalue weighted by atomic mass is 10.0. The van der Waals surface area contributed by atoms with E-state index in [1.54, 1.807) is 0 Å². The maximum Gasteiger partial charge on any atom is 0.152 e. The van der Waals surface area contributed by atoms with Gasteiger partial charge in [-0.2, -0.15) is 0 Å². The van der Waals surface area contributed by atoms with Gasteiger partial charge in [-0.1, -0.05) is 25.7 Å². The van der Waals surface area contributed by atoms with E-state index in [9.17, 15) is 0 Å². The van der Waals surface area contributed by atoms with Crippen molar-refractivity contribution in [2.45, 2.75) is 25.7 Å². The lowest BCUT2D eigenvalue weighted by Gasteiger charge is -2.05. The summed E-state index contributed by atoms with van der Waals surface area (Å²) in [6, 6.07) is 0. The minimum atomic E-state index is 0. The van der Waals surface area contributed by atoms with Gasteiger partial charge in [-0.25, -0.2) is 0 Å². The molecular formula is C4H12N2O2. The summed E-state index contributed by atoms with van der Waals surface area (Å²) >= 11 is 0. The third-order valence-corrected chi connectivity index (χ3v) is 1.000. The van der Waals surface area contributed by atoms with Crippen LogP contribution in [0.4, 0.5) is 0 Å². The number of hydrogen-bond donors (Lipinski definition) is 2. The molecule has 8 heavy (non-hydrogen) atoms. The van der Waals surface area contributed by atoms with Crippen molar-refractivity contribution in [3.8, 4) is 0 Å². The number of hydrogen-bond acceptors (Lipinski definition) is 3. The predicted molar refractivity (Wildman–Crippen MR) is 31.1 cm³/mol. The van der Waals surface area contributed by atoms with E-state index in [1.807, 2.05) is 0 Å². The zero-order valence-corrected chi connectivity index (χ0v) is 4.84. The van der Waals surface area contributed by atoms with E-state index in [-0.39, 0.29) is 6.15 Å². The maximum atomic E-state index is 8.11. The second-order valence-electron chi connectivity index (χ2n) is 1.50. The molecule has 4 heteroatoms. The molecule has 0 aromatic heterocycles. The van der Waals surface area contributed by atoms with Crippen LogP contribution in [0.2, 0.25) is 0 Å². The zero-order valence-electron chi connectivity index (χ0n) is 4.84. The Bertz CT molecular complexity index is 41.3. The second-order valence-corrected chi connectivity index (χ2v) is 1.50. The van der Waals surface area contributed by atoms with Gasteiger partial charge in [-0.05, 0) is 0 Å².